The molecular formula is C18H21N5O3. The summed E-state index contributed by atoms with van der Waals surface area (Å²) in [7, 11) is 3.30. The minimum atomic E-state index is -0.201. The highest BCUT2D eigenvalue weighted by Gasteiger charge is 2.18. The minimum absolute atomic E-state index is 0.150. The van der Waals surface area contributed by atoms with Crippen molar-refractivity contribution in [3.8, 4) is 17.0 Å². The van der Waals surface area contributed by atoms with Gasteiger partial charge >= 0.3 is 0 Å². The number of hydrogen-bond donors (Lipinski definition) is 1. The fourth-order valence-corrected chi connectivity index (χ4v) is 2.40. The van der Waals surface area contributed by atoms with Crippen LogP contribution in [0, 0.1) is 0 Å². The Morgan fingerprint density at radius 1 is 1.31 bits per heavy atom. The van der Waals surface area contributed by atoms with Crippen molar-refractivity contribution in [1.29, 1.82) is 0 Å². The average Bonchev–Trinajstić information content (AvgIpc) is 3.31. The lowest BCUT2D eigenvalue weighted by atomic mass is 10.1. The molecule has 0 unspecified atom stereocenters. The van der Waals surface area contributed by atoms with Gasteiger partial charge in [-0.2, -0.15) is 10.1 Å². The quantitative estimate of drug-likeness (QED) is 0.730. The van der Waals surface area contributed by atoms with E-state index in [1.165, 1.54) is 4.90 Å². The first-order valence-electron chi connectivity index (χ1n) is 8.25. The maximum Gasteiger partial charge on any atom is 0.272 e. The Morgan fingerprint density at radius 2 is 2.04 bits per heavy atom. The Bertz CT molecular complexity index is 882. The van der Waals surface area contributed by atoms with Gasteiger partial charge in [-0.15, -0.1) is 0 Å². The number of H-pyrrole nitrogens is 1. The fraction of sp³-hybridized carbons (Fsp3) is 0.333. The molecule has 1 amide bonds. The molecule has 0 aliphatic heterocycles. The number of aromatic nitrogens is 4. The van der Waals surface area contributed by atoms with E-state index in [4.69, 9.17) is 9.26 Å². The van der Waals surface area contributed by atoms with Crippen molar-refractivity contribution in [3.05, 3.63) is 47.7 Å². The molecule has 3 aromatic rings. The lowest BCUT2D eigenvalue weighted by molar-refractivity contribution is 0.0774. The number of amides is 1. The van der Waals surface area contributed by atoms with Crippen LogP contribution in [0.5, 0.6) is 5.75 Å². The summed E-state index contributed by atoms with van der Waals surface area (Å²) in [6.07, 6.45) is 0. The van der Waals surface area contributed by atoms with Gasteiger partial charge in [-0.3, -0.25) is 9.89 Å². The van der Waals surface area contributed by atoms with E-state index in [1.54, 1.807) is 20.2 Å². The van der Waals surface area contributed by atoms with Crippen molar-refractivity contribution in [2.75, 3.05) is 14.2 Å². The first-order valence-corrected chi connectivity index (χ1v) is 8.25. The highest BCUT2D eigenvalue weighted by Crippen LogP contribution is 2.21. The molecule has 0 bridgehead atoms. The maximum atomic E-state index is 12.6. The third-order valence-electron chi connectivity index (χ3n) is 3.90. The summed E-state index contributed by atoms with van der Waals surface area (Å²) in [5.74, 6) is 1.75. The van der Waals surface area contributed by atoms with Gasteiger partial charge in [-0.25, -0.2) is 0 Å². The summed E-state index contributed by atoms with van der Waals surface area (Å²) >= 11 is 0. The second-order valence-corrected chi connectivity index (χ2v) is 6.26. The van der Waals surface area contributed by atoms with E-state index in [-0.39, 0.29) is 18.4 Å². The summed E-state index contributed by atoms with van der Waals surface area (Å²) in [6.45, 7) is 4.20. The normalized spacial score (nSPS) is 11.0. The summed E-state index contributed by atoms with van der Waals surface area (Å²) in [4.78, 5) is 18.4. The Hall–Kier alpha value is -3.16. The van der Waals surface area contributed by atoms with Gasteiger partial charge in [0.15, 0.2) is 5.82 Å². The van der Waals surface area contributed by atoms with Crippen LogP contribution in [0.4, 0.5) is 0 Å². The molecule has 8 heteroatoms. The zero-order valence-electron chi connectivity index (χ0n) is 15.2. The van der Waals surface area contributed by atoms with E-state index >= 15 is 0 Å². The van der Waals surface area contributed by atoms with Crippen molar-refractivity contribution >= 4 is 5.91 Å². The van der Waals surface area contributed by atoms with Gasteiger partial charge in [0, 0.05) is 18.5 Å². The second kappa shape index (κ2) is 7.38. The van der Waals surface area contributed by atoms with E-state index in [1.807, 2.05) is 38.1 Å². The monoisotopic (exact) mass is 355 g/mol. The number of hydrogen-bond acceptors (Lipinski definition) is 6. The zero-order chi connectivity index (χ0) is 18.7. The molecule has 0 spiro atoms. The molecule has 2 heterocycles. The summed E-state index contributed by atoms with van der Waals surface area (Å²) in [6, 6.07) is 9.19. The SMILES string of the molecule is COc1ccc(-c2cc(C(=O)N(C)Cc3noc(C(C)C)n3)[nH]n2)cc1. The topological polar surface area (TPSA) is 97.1 Å². The molecular weight excluding hydrogens is 334 g/mol. The highest BCUT2D eigenvalue weighted by molar-refractivity contribution is 5.93. The maximum absolute atomic E-state index is 12.6. The van der Waals surface area contributed by atoms with Gasteiger partial charge in [0.2, 0.25) is 5.89 Å². The molecule has 8 nitrogen and oxygen atoms in total. The van der Waals surface area contributed by atoms with Crippen LogP contribution in [0.1, 0.15) is 42.0 Å². The minimum Gasteiger partial charge on any atom is -0.497 e. The van der Waals surface area contributed by atoms with Gasteiger partial charge in [0.25, 0.3) is 5.91 Å². The molecule has 1 N–H and O–H groups in total. The van der Waals surface area contributed by atoms with Crippen molar-refractivity contribution in [1.82, 2.24) is 25.2 Å². The Balaban J connectivity index is 1.69. The predicted octanol–water partition coefficient (Wildman–Crippen LogP) is 2.86. The van der Waals surface area contributed by atoms with Crippen LogP contribution >= 0.6 is 0 Å². The molecule has 3 rings (SSSR count). The lowest BCUT2D eigenvalue weighted by Crippen LogP contribution is -2.27. The van der Waals surface area contributed by atoms with E-state index in [9.17, 15) is 4.79 Å². The highest BCUT2D eigenvalue weighted by atomic mass is 16.5. The van der Waals surface area contributed by atoms with Crippen LogP contribution in [0.25, 0.3) is 11.3 Å². The third kappa shape index (κ3) is 3.74. The number of nitrogens with zero attached hydrogens (tertiary/aromatic N) is 4. The van der Waals surface area contributed by atoms with Crippen molar-refractivity contribution in [2.45, 2.75) is 26.3 Å². The second-order valence-electron chi connectivity index (χ2n) is 6.26. The first-order chi connectivity index (χ1) is 12.5. The van der Waals surface area contributed by atoms with Crippen molar-refractivity contribution in [3.63, 3.8) is 0 Å². The standard InChI is InChI=1S/C18H21N5O3/c1-11(2)17-19-16(22-26-17)10-23(3)18(24)15-9-14(20-21-15)12-5-7-13(25-4)8-6-12/h5-9,11H,10H2,1-4H3,(H,20,21). The van der Waals surface area contributed by atoms with Crippen LogP contribution in [-0.4, -0.2) is 45.3 Å². The number of nitrogens with one attached hydrogen (secondary N) is 1. The lowest BCUT2D eigenvalue weighted by Gasteiger charge is -2.13. The smallest absolute Gasteiger partial charge is 0.272 e. The molecule has 2 aromatic heterocycles. The number of carbonyl (C=O) groups excluding carboxylic acids is 1. The Morgan fingerprint density at radius 3 is 2.65 bits per heavy atom. The Labute approximate surface area is 151 Å². The molecule has 0 aliphatic carbocycles. The van der Waals surface area contributed by atoms with Crippen LogP contribution in [0.2, 0.25) is 0 Å². The summed E-state index contributed by atoms with van der Waals surface area (Å²) < 4.78 is 10.3. The molecule has 0 aliphatic rings. The van der Waals surface area contributed by atoms with E-state index in [0.29, 0.717) is 23.1 Å². The van der Waals surface area contributed by atoms with E-state index in [2.05, 4.69) is 20.3 Å². The predicted molar refractivity (Wildman–Crippen MR) is 94.8 cm³/mol. The fourth-order valence-electron chi connectivity index (χ4n) is 2.40. The van der Waals surface area contributed by atoms with Crippen molar-refractivity contribution in [2.24, 2.45) is 0 Å². The van der Waals surface area contributed by atoms with Gasteiger partial charge < -0.3 is 14.2 Å². The van der Waals surface area contributed by atoms with Gasteiger partial charge in [-0.1, -0.05) is 19.0 Å². The Kier molecular flexibility index (Phi) is 5.01. The largest absolute Gasteiger partial charge is 0.497 e. The average molecular weight is 355 g/mol. The molecule has 1 aromatic carbocycles. The van der Waals surface area contributed by atoms with Gasteiger partial charge in [0.1, 0.15) is 11.4 Å². The number of methoxy groups -OCH3 is 1. The third-order valence-corrected chi connectivity index (χ3v) is 3.90. The van der Waals surface area contributed by atoms with E-state index < -0.39 is 0 Å². The molecule has 26 heavy (non-hydrogen) atoms. The molecule has 0 fully saturated rings. The molecule has 0 radical (unpaired) electrons. The van der Waals surface area contributed by atoms with Crippen molar-refractivity contribution < 1.29 is 14.1 Å². The molecule has 0 saturated heterocycles. The number of ether oxygens (including phenoxy) is 1. The number of benzene rings is 1. The molecule has 0 saturated carbocycles. The number of rotatable bonds is 6. The van der Waals surface area contributed by atoms with Crippen LogP contribution in [0.3, 0.4) is 0 Å². The summed E-state index contributed by atoms with van der Waals surface area (Å²) in [5, 5.41) is 10.9. The first kappa shape index (κ1) is 17.7. The summed E-state index contributed by atoms with van der Waals surface area (Å²) in [5.41, 5.74) is 1.97. The van der Waals surface area contributed by atoms with Gasteiger partial charge in [0.05, 0.1) is 19.3 Å². The van der Waals surface area contributed by atoms with Crippen LogP contribution in [-0.2, 0) is 6.54 Å². The number of aromatic amines is 1. The molecule has 136 valence electrons. The van der Waals surface area contributed by atoms with E-state index in [0.717, 1.165) is 11.3 Å². The van der Waals surface area contributed by atoms with Gasteiger partial charge in [-0.05, 0) is 30.3 Å². The van der Waals surface area contributed by atoms with Crippen LogP contribution < -0.4 is 4.74 Å². The zero-order valence-corrected chi connectivity index (χ0v) is 15.2. The van der Waals surface area contributed by atoms with Crippen LogP contribution in [0.15, 0.2) is 34.9 Å². The molecule has 0 atom stereocenters. The number of carbonyl (C=O) groups is 1.